The van der Waals surface area contributed by atoms with Crippen molar-refractivity contribution in [2.75, 3.05) is 26.2 Å². The number of hydrogen-bond acceptors (Lipinski definition) is 3. The Bertz CT molecular complexity index is 910. The quantitative estimate of drug-likeness (QED) is 0.582. The van der Waals surface area contributed by atoms with Gasteiger partial charge in [-0.05, 0) is 87.6 Å². The van der Waals surface area contributed by atoms with Crippen LogP contribution in [0.2, 0.25) is 0 Å². The van der Waals surface area contributed by atoms with Crippen molar-refractivity contribution in [1.82, 2.24) is 14.5 Å². The first kappa shape index (κ1) is 20.0. The Labute approximate surface area is 172 Å². The fourth-order valence-electron chi connectivity index (χ4n) is 4.38. The largest absolute Gasteiger partial charge is 0.330 e. The van der Waals surface area contributed by atoms with E-state index in [2.05, 4.69) is 27.7 Å². The van der Waals surface area contributed by atoms with Crippen LogP contribution in [0.3, 0.4) is 0 Å². The van der Waals surface area contributed by atoms with Gasteiger partial charge in [-0.25, -0.2) is 9.37 Å². The molecule has 2 N–H and O–H groups in total. The van der Waals surface area contributed by atoms with E-state index in [0.29, 0.717) is 5.92 Å². The van der Waals surface area contributed by atoms with Crippen LogP contribution in [-0.4, -0.2) is 40.6 Å². The normalized spacial score (nSPS) is 15.9. The smallest absolute Gasteiger partial charge is 0.123 e. The standard InChI is InChI=1S/C24H31FN4/c25-21-9-7-20(8-10-21)18-29-23-6-2-1-5-22(23)27-24(29)17-19-11-15-28(16-12-19)14-4-3-13-26/h1-2,5-10,19H,3-4,11-18,26H2. The van der Waals surface area contributed by atoms with Crippen LogP contribution < -0.4 is 5.73 Å². The third-order valence-corrected chi connectivity index (χ3v) is 6.09. The molecule has 0 amide bonds. The maximum absolute atomic E-state index is 13.3. The molecule has 154 valence electrons. The summed E-state index contributed by atoms with van der Waals surface area (Å²) in [5.74, 6) is 1.63. The summed E-state index contributed by atoms with van der Waals surface area (Å²) in [5.41, 5.74) is 8.92. The lowest BCUT2D eigenvalue weighted by atomic mass is 9.93. The average Bonchev–Trinajstić information content (AvgIpc) is 3.08. The van der Waals surface area contributed by atoms with Crippen molar-refractivity contribution < 1.29 is 4.39 Å². The zero-order chi connectivity index (χ0) is 20.1. The highest BCUT2D eigenvalue weighted by Crippen LogP contribution is 2.25. The van der Waals surface area contributed by atoms with Crippen molar-refractivity contribution >= 4 is 11.0 Å². The second kappa shape index (κ2) is 9.51. The van der Waals surface area contributed by atoms with Gasteiger partial charge in [0.25, 0.3) is 0 Å². The highest BCUT2D eigenvalue weighted by molar-refractivity contribution is 5.76. The Morgan fingerprint density at radius 1 is 1.00 bits per heavy atom. The molecule has 0 bridgehead atoms. The van der Waals surface area contributed by atoms with E-state index >= 15 is 0 Å². The van der Waals surface area contributed by atoms with E-state index in [0.717, 1.165) is 48.4 Å². The number of piperidine rings is 1. The molecule has 1 aliphatic heterocycles. The number of unbranched alkanes of at least 4 members (excludes halogenated alkanes) is 1. The minimum absolute atomic E-state index is 0.192. The van der Waals surface area contributed by atoms with Crippen LogP contribution in [0.15, 0.2) is 48.5 Å². The molecule has 5 heteroatoms. The number of nitrogens with two attached hydrogens (primary N) is 1. The second-order valence-electron chi connectivity index (χ2n) is 8.21. The summed E-state index contributed by atoms with van der Waals surface area (Å²) < 4.78 is 15.6. The molecule has 29 heavy (non-hydrogen) atoms. The van der Waals surface area contributed by atoms with Crippen molar-refractivity contribution in [2.24, 2.45) is 11.7 Å². The van der Waals surface area contributed by atoms with Crippen molar-refractivity contribution in [3.05, 3.63) is 65.7 Å². The average molecular weight is 395 g/mol. The van der Waals surface area contributed by atoms with Crippen LogP contribution in [-0.2, 0) is 13.0 Å². The van der Waals surface area contributed by atoms with E-state index in [1.54, 1.807) is 0 Å². The molecule has 1 aromatic heterocycles. The van der Waals surface area contributed by atoms with E-state index in [1.807, 2.05) is 18.2 Å². The van der Waals surface area contributed by atoms with Crippen molar-refractivity contribution in [2.45, 2.75) is 38.6 Å². The molecule has 4 rings (SSSR count). The number of hydrogen-bond donors (Lipinski definition) is 1. The number of para-hydroxylation sites is 2. The molecule has 1 aliphatic rings. The van der Waals surface area contributed by atoms with E-state index in [9.17, 15) is 4.39 Å². The molecule has 2 aromatic carbocycles. The zero-order valence-corrected chi connectivity index (χ0v) is 17.1. The van der Waals surface area contributed by atoms with Crippen molar-refractivity contribution in [1.29, 1.82) is 0 Å². The molecule has 0 atom stereocenters. The number of likely N-dealkylation sites (tertiary alicyclic amines) is 1. The minimum atomic E-state index is -0.192. The predicted octanol–water partition coefficient (Wildman–Crippen LogP) is 4.22. The Morgan fingerprint density at radius 3 is 2.52 bits per heavy atom. The number of aromatic nitrogens is 2. The zero-order valence-electron chi connectivity index (χ0n) is 17.1. The lowest BCUT2D eigenvalue weighted by molar-refractivity contribution is 0.180. The van der Waals surface area contributed by atoms with Gasteiger partial charge in [-0.3, -0.25) is 0 Å². The Hall–Kier alpha value is -2.24. The van der Waals surface area contributed by atoms with Gasteiger partial charge in [0.2, 0.25) is 0 Å². The van der Waals surface area contributed by atoms with E-state index in [-0.39, 0.29) is 5.82 Å². The highest BCUT2D eigenvalue weighted by atomic mass is 19.1. The summed E-state index contributed by atoms with van der Waals surface area (Å²) in [7, 11) is 0. The highest BCUT2D eigenvalue weighted by Gasteiger charge is 2.22. The molecule has 0 aliphatic carbocycles. The van der Waals surface area contributed by atoms with Crippen LogP contribution in [0.5, 0.6) is 0 Å². The topological polar surface area (TPSA) is 47.1 Å². The monoisotopic (exact) mass is 394 g/mol. The Kier molecular flexibility index (Phi) is 6.57. The summed E-state index contributed by atoms with van der Waals surface area (Å²) in [4.78, 5) is 7.54. The first-order valence-electron chi connectivity index (χ1n) is 10.8. The van der Waals surface area contributed by atoms with Gasteiger partial charge in [0.15, 0.2) is 0 Å². The molecule has 0 spiro atoms. The van der Waals surface area contributed by atoms with Crippen LogP contribution in [0.1, 0.15) is 37.1 Å². The molecular weight excluding hydrogens is 363 g/mol. The molecule has 3 aromatic rings. The third-order valence-electron chi connectivity index (χ3n) is 6.09. The Morgan fingerprint density at radius 2 is 1.76 bits per heavy atom. The van der Waals surface area contributed by atoms with Crippen LogP contribution >= 0.6 is 0 Å². The molecule has 1 saturated heterocycles. The van der Waals surface area contributed by atoms with Crippen LogP contribution in [0, 0.1) is 11.7 Å². The SMILES string of the molecule is NCCCCN1CCC(Cc2nc3ccccc3n2Cc2ccc(F)cc2)CC1. The number of nitrogens with zero attached hydrogens (tertiary/aromatic N) is 3. The van der Waals surface area contributed by atoms with E-state index in [4.69, 9.17) is 10.7 Å². The van der Waals surface area contributed by atoms with Gasteiger partial charge in [-0.15, -0.1) is 0 Å². The molecule has 0 radical (unpaired) electrons. The van der Waals surface area contributed by atoms with Crippen molar-refractivity contribution in [3.8, 4) is 0 Å². The number of rotatable bonds is 8. The predicted molar refractivity (Wildman–Crippen MR) is 116 cm³/mol. The van der Waals surface area contributed by atoms with Crippen LogP contribution in [0.4, 0.5) is 4.39 Å². The maximum atomic E-state index is 13.3. The Balaban J connectivity index is 1.47. The number of halogens is 1. The van der Waals surface area contributed by atoms with Gasteiger partial charge in [-0.1, -0.05) is 24.3 Å². The number of imidazole rings is 1. The molecule has 2 heterocycles. The lowest BCUT2D eigenvalue weighted by Gasteiger charge is -2.31. The summed E-state index contributed by atoms with van der Waals surface area (Å²) >= 11 is 0. The van der Waals surface area contributed by atoms with Gasteiger partial charge in [0.1, 0.15) is 11.6 Å². The number of fused-ring (bicyclic) bond motifs is 1. The summed E-state index contributed by atoms with van der Waals surface area (Å²) in [6, 6.07) is 15.1. The number of benzene rings is 2. The molecule has 0 unspecified atom stereocenters. The second-order valence-corrected chi connectivity index (χ2v) is 8.21. The first-order valence-corrected chi connectivity index (χ1v) is 10.8. The van der Waals surface area contributed by atoms with Gasteiger partial charge >= 0.3 is 0 Å². The van der Waals surface area contributed by atoms with E-state index in [1.165, 1.54) is 51.0 Å². The first-order chi connectivity index (χ1) is 14.2. The van der Waals surface area contributed by atoms with E-state index < -0.39 is 0 Å². The van der Waals surface area contributed by atoms with Crippen molar-refractivity contribution in [3.63, 3.8) is 0 Å². The summed E-state index contributed by atoms with van der Waals surface area (Å²) in [6.45, 7) is 5.04. The van der Waals surface area contributed by atoms with Crippen LogP contribution in [0.25, 0.3) is 11.0 Å². The molecular formula is C24H31FN4. The minimum Gasteiger partial charge on any atom is -0.330 e. The maximum Gasteiger partial charge on any atom is 0.123 e. The fraction of sp³-hybridized carbons (Fsp3) is 0.458. The summed E-state index contributed by atoms with van der Waals surface area (Å²) in [6.07, 6.45) is 5.78. The third kappa shape index (κ3) is 5.03. The van der Waals surface area contributed by atoms with Gasteiger partial charge in [0, 0.05) is 13.0 Å². The summed E-state index contributed by atoms with van der Waals surface area (Å²) in [5, 5.41) is 0. The van der Waals surface area contributed by atoms with Gasteiger partial charge in [0.05, 0.1) is 11.0 Å². The molecule has 4 nitrogen and oxygen atoms in total. The fourth-order valence-corrected chi connectivity index (χ4v) is 4.38. The molecule has 0 saturated carbocycles. The lowest BCUT2D eigenvalue weighted by Crippen LogP contribution is -2.35. The van der Waals surface area contributed by atoms with Gasteiger partial charge < -0.3 is 15.2 Å². The van der Waals surface area contributed by atoms with Gasteiger partial charge in [-0.2, -0.15) is 0 Å². The molecule has 1 fully saturated rings.